The van der Waals surface area contributed by atoms with E-state index in [4.69, 9.17) is 5.11 Å². The molecular weight excluding hydrogens is 230 g/mol. The van der Waals surface area contributed by atoms with Gasteiger partial charge in [-0.05, 0) is 37.5 Å². The number of aromatic carboxylic acids is 1. The molecule has 2 rings (SSSR count). The second kappa shape index (κ2) is 4.76. The van der Waals surface area contributed by atoms with Gasteiger partial charge >= 0.3 is 5.97 Å². The number of fused-ring (bicyclic) bond motifs is 1. The molecule has 96 valence electrons. The Hall–Kier alpha value is -1.91. The minimum atomic E-state index is -0.943. The summed E-state index contributed by atoms with van der Waals surface area (Å²) in [6, 6.07) is 5.18. The topological polar surface area (TPSA) is 68.0 Å². The van der Waals surface area contributed by atoms with Gasteiger partial charge in [0.2, 0.25) is 0 Å². The van der Waals surface area contributed by atoms with Crippen molar-refractivity contribution in [1.29, 1.82) is 0 Å². The standard InChI is InChI=1S/C13H17N3O2/c1-8(2)6-9(3)16-12-5-4-10(13(17)18)7-11(12)14-15-16/h4-5,7-9H,6H2,1-3H3,(H,17,18). The summed E-state index contributed by atoms with van der Waals surface area (Å²) in [5, 5.41) is 17.1. The molecule has 0 saturated carbocycles. The van der Waals surface area contributed by atoms with Crippen LogP contribution in [0.3, 0.4) is 0 Å². The average molecular weight is 247 g/mol. The van der Waals surface area contributed by atoms with Crippen LogP contribution in [0.25, 0.3) is 11.0 Å². The molecule has 2 aromatic rings. The zero-order valence-corrected chi connectivity index (χ0v) is 10.8. The second-order valence-corrected chi connectivity index (χ2v) is 5.02. The van der Waals surface area contributed by atoms with Gasteiger partial charge in [0.05, 0.1) is 17.1 Å². The predicted molar refractivity (Wildman–Crippen MR) is 68.7 cm³/mol. The molecule has 1 heterocycles. The number of carboxylic acid groups (broad SMARTS) is 1. The fourth-order valence-corrected chi connectivity index (χ4v) is 2.18. The number of hydrogen-bond acceptors (Lipinski definition) is 3. The van der Waals surface area contributed by atoms with Crippen LogP contribution in [0.5, 0.6) is 0 Å². The van der Waals surface area contributed by atoms with Gasteiger partial charge < -0.3 is 5.11 Å². The van der Waals surface area contributed by atoms with Gasteiger partial charge in [-0.1, -0.05) is 19.1 Å². The zero-order chi connectivity index (χ0) is 13.3. The number of carbonyl (C=O) groups is 1. The van der Waals surface area contributed by atoms with Crippen LogP contribution < -0.4 is 0 Å². The summed E-state index contributed by atoms with van der Waals surface area (Å²) in [7, 11) is 0. The van der Waals surface area contributed by atoms with Gasteiger partial charge in [-0.25, -0.2) is 9.48 Å². The van der Waals surface area contributed by atoms with Gasteiger partial charge in [0, 0.05) is 0 Å². The third-order valence-corrected chi connectivity index (χ3v) is 2.95. The van der Waals surface area contributed by atoms with Crippen LogP contribution in [0.1, 0.15) is 43.6 Å². The fourth-order valence-electron chi connectivity index (χ4n) is 2.18. The van der Waals surface area contributed by atoms with E-state index in [9.17, 15) is 4.79 Å². The van der Waals surface area contributed by atoms with Gasteiger partial charge in [-0.2, -0.15) is 0 Å². The third kappa shape index (κ3) is 2.34. The highest BCUT2D eigenvalue weighted by atomic mass is 16.4. The summed E-state index contributed by atoms with van der Waals surface area (Å²) in [4.78, 5) is 10.9. The first-order valence-electron chi connectivity index (χ1n) is 6.07. The molecule has 1 aromatic carbocycles. The van der Waals surface area contributed by atoms with Crippen LogP contribution in [0.4, 0.5) is 0 Å². The van der Waals surface area contributed by atoms with E-state index in [1.807, 2.05) is 4.68 Å². The van der Waals surface area contributed by atoms with Crippen molar-refractivity contribution in [2.75, 3.05) is 0 Å². The van der Waals surface area contributed by atoms with Crippen LogP contribution in [-0.2, 0) is 0 Å². The molecule has 5 heteroatoms. The van der Waals surface area contributed by atoms with Crippen molar-refractivity contribution < 1.29 is 9.90 Å². The van der Waals surface area contributed by atoms with Gasteiger partial charge in [0.1, 0.15) is 5.52 Å². The molecule has 0 radical (unpaired) electrons. The number of nitrogens with zero attached hydrogens (tertiary/aromatic N) is 3. The molecule has 1 atom stereocenters. The monoisotopic (exact) mass is 247 g/mol. The Kier molecular flexibility index (Phi) is 3.32. The average Bonchev–Trinajstić information content (AvgIpc) is 2.70. The van der Waals surface area contributed by atoms with Crippen LogP contribution in [-0.4, -0.2) is 26.1 Å². The van der Waals surface area contributed by atoms with Crippen LogP contribution in [0.15, 0.2) is 18.2 Å². The lowest BCUT2D eigenvalue weighted by molar-refractivity contribution is 0.0697. The van der Waals surface area contributed by atoms with Crippen molar-refractivity contribution in [3.63, 3.8) is 0 Å². The van der Waals surface area contributed by atoms with E-state index in [0.717, 1.165) is 11.9 Å². The predicted octanol–water partition coefficient (Wildman–Crippen LogP) is 2.74. The molecule has 1 aromatic heterocycles. The Balaban J connectivity index is 2.39. The fraction of sp³-hybridized carbons (Fsp3) is 0.462. The first-order valence-corrected chi connectivity index (χ1v) is 6.07. The van der Waals surface area contributed by atoms with Crippen molar-refractivity contribution >= 4 is 17.0 Å². The lowest BCUT2D eigenvalue weighted by Crippen LogP contribution is -2.09. The Labute approximate surface area is 105 Å². The summed E-state index contributed by atoms with van der Waals surface area (Å²) in [6.07, 6.45) is 1.01. The molecular formula is C13H17N3O2. The maximum absolute atomic E-state index is 10.9. The Bertz CT molecular complexity index is 575. The smallest absolute Gasteiger partial charge is 0.335 e. The highest BCUT2D eigenvalue weighted by molar-refractivity contribution is 5.92. The van der Waals surface area contributed by atoms with Crippen molar-refractivity contribution in [1.82, 2.24) is 15.0 Å². The molecule has 5 nitrogen and oxygen atoms in total. The minimum absolute atomic E-state index is 0.242. The number of aromatic nitrogens is 3. The summed E-state index contributed by atoms with van der Waals surface area (Å²) in [5.41, 5.74) is 1.75. The summed E-state index contributed by atoms with van der Waals surface area (Å²) in [6.45, 7) is 6.43. The number of carboxylic acids is 1. The largest absolute Gasteiger partial charge is 0.478 e. The van der Waals surface area contributed by atoms with Gasteiger partial charge in [0.15, 0.2) is 0 Å². The Morgan fingerprint density at radius 1 is 1.39 bits per heavy atom. The molecule has 1 N–H and O–H groups in total. The molecule has 1 unspecified atom stereocenters. The van der Waals surface area contributed by atoms with E-state index >= 15 is 0 Å². The van der Waals surface area contributed by atoms with Crippen molar-refractivity contribution in [3.8, 4) is 0 Å². The third-order valence-electron chi connectivity index (χ3n) is 2.95. The van der Waals surface area contributed by atoms with Crippen LogP contribution in [0.2, 0.25) is 0 Å². The van der Waals surface area contributed by atoms with Crippen molar-refractivity contribution in [3.05, 3.63) is 23.8 Å². The van der Waals surface area contributed by atoms with E-state index in [2.05, 4.69) is 31.1 Å². The molecule has 0 aliphatic heterocycles. The molecule has 0 bridgehead atoms. The number of hydrogen-bond donors (Lipinski definition) is 1. The number of benzene rings is 1. The Morgan fingerprint density at radius 3 is 2.72 bits per heavy atom. The Morgan fingerprint density at radius 2 is 2.11 bits per heavy atom. The van der Waals surface area contributed by atoms with E-state index in [-0.39, 0.29) is 11.6 Å². The van der Waals surface area contributed by atoms with E-state index in [1.165, 1.54) is 0 Å². The first kappa shape index (κ1) is 12.5. The molecule has 0 saturated heterocycles. The molecule has 0 amide bonds. The first-order chi connectivity index (χ1) is 8.49. The van der Waals surface area contributed by atoms with Gasteiger partial charge in [-0.3, -0.25) is 0 Å². The van der Waals surface area contributed by atoms with Gasteiger partial charge in [0.25, 0.3) is 0 Å². The lowest BCUT2D eigenvalue weighted by Gasteiger charge is -2.14. The van der Waals surface area contributed by atoms with Crippen molar-refractivity contribution in [2.24, 2.45) is 5.92 Å². The second-order valence-electron chi connectivity index (χ2n) is 5.02. The molecule has 0 aliphatic rings. The summed E-state index contributed by atoms with van der Waals surface area (Å²) < 4.78 is 1.86. The normalized spacial score (nSPS) is 13.1. The number of rotatable bonds is 4. The molecule has 0 fully saturated rings. The maximum atomic E-state index is 10.9. The zero-order valence-electron chi connectivity index (χ0n) is 10.8. The quantitative estimate of drug-likeness (QED) is 0.902. The highest BCUT2D eigenvalue weighted by Crippen LogP contribution is 2.21. The van der Waals surface area contributed by atoms with Crippen LogP contribution >= 0.6 is 0 Å². The maximum Gasteiger partial charge on any atom is 0.335 e. The van der Waals surface area contributed by atoms with E-state index < -0.39 is 5.97 Å². The molecule has 0 aliphatic carbocycles. The molecule has 18 heavy (non-hydrogen) atoms. The highest BCUT2D eigenvalue weighted by Gasteiger charge is 2.14. The lowest BCUT2D eigenvalue weighted by atomic mass is 10.1. The van der Waals surface area contributed by atoms with E-state index in [0.29, 0.717) is 11.4 Å². The summed E-state index contributed by atoms with van der Waals surface area (Å²) in [5.74, 6) is -0.362. The summed E-state index contributed by atoms with van der Waals surface area (Å²) >= 11 is 0. The van der Waals surface area contributed by atoms with Crippen molar-refractivity contribution in [2.45, 2.75) is 33.2 Å². The SMILES string of the molecule is CC(C)CC(C)n1nnc2cc(C(=O)O)ccc21. The van der Waals surface area contributed by atoms with Crippen LogP contribution in [0, 0.1) is 5.92 Å². The molecule has 0 spiro atoms. The minimum Gasteiger partial charge on any atom is -0.478 e. The van der Waals surface area contributed by atoms with E-state index in [1.54, 1.807) is 18.2 Å². The van der Waals surface area contributed by atoms with Gasteiger partial charge in [-0.15, -0.1) is 5.10 Å².